The summed E-state index contributed by atoms with van der Waals surface area (Å²) in [6, 6.07) is 105. The zero-order chi connectivity index (χ0) is 44.1. The second kappa shape index (κ2) is 18.1. The molecule has 0 spiro atoms. The fourth-order valence-corrected chi connectivity index (χ4v) is 14.6. The standard InChI is InChI=1S/C64H47NSi/c1-6-19-48(20-7-1)49-33-38-54(39-34-49)65(56-42-44-60(45-43-56)66(57-25-10-3-11-26-57,58-27-12-4-13-28-58)59-29-14-5-15-30-59)55-40-35-50(36-41-55)53-37-46-63(64(47-53)52-21-8-2-9-22-52)62-32-18-24-51-23-16-17-31-61(51)62/h1-47H. The van der Waals surface area contributed by atoms with Gasteiger partial charge in [0.05, 0.1) is 0 Å². The molecule has 0 saturated heterocycles. The van der Waals surface area contributed by atoms with Gasteiger partial charge in [0, 0.05) is 17.1 Å². The fraction of sp³-hybridized carbons (Fsp3) is 0. The van der Waals surface area contributed by atoms with Crippen LogP contribution < -0.4 is 25.6 Å². The molecule has 1 nitrogen and oxygen atoms in total. The zero-order valence-corrected chi connectivity index (χ0v) is 37.6. The summed E-state index contributed by atoms with van der Waals surface area (Å²) >= 11 is 0. The second-order valence-electron chi connectivity index (χ2n) is 16.8. The van der Waals surface area contributed by atoms with Gasteiger partial charge in [-0.25, -0.2) is 0 Å². The first kappa shape index (κ1) is 40.5. The Hall–Kier alpha value is -8.30. The van der Waals surface area contributed by atoms with Gasteiger partial charge in [-0.1, -0.05) is 243 Å². The molecule has 0 aliphatic rings. The van der Waals surface area contributed by atoms with Crippen LogP contribution in [0.25, 0.3) is 55.3 Å². The van der Waals surface area contributed by atoms with Crippen LogP contribution in [-0.2, 0) is 0 Å². The Kier molecular flexibility index (Phi) is 11.1. The number of rotatable bonds is 11. The second-order valence-corrected chi connectivity index (χ2v) is 20.7. The lowest BCUT2D eigenvalue weighted by Crippen LogP contribution is -2.74. The Balaban J connectivity index is 1.02. The summed E-state index contributed by atoms with van der Waals surface area (Å²) in [5, 5.41) is 7.92. The molecule has 312 valence electrons. The number of benzene rings is 11. The Morgan fingerprint density at radius 2 is 0.606 bits per heavy atom. The highest BCUT2D eigenvalue weighted by Crippen LogP contribution is 2.40. The molecule has 2 heteroatoms. The molecule has 0 heterocycles. The Labute approximate surface area is 389 Å². The van der Waals surface area contributed by atoms with E-state index in [4.69, 9.17) is 0 Å². The first-order valence-electron chi connectivity index (χ1n) is 22.7. The van der Waals surface area contributed by atoms with Crippen LogP contribution in [-0.4, -0.2) is 8.07 Å². The molecule has 0 aliphatic carbocycles. The van der Waals surface area contributed by atoms with Crippen LogP contribution in [0.5, 0.6) is 0 Å². The van der Waals surface area contributed by atoms with E-state index in [1.54, 1.807) is 0 Å². The molecular weight excluding hydrogens is 811 g/mol. The van der Waals surface area contributed by atoms with E-state index in [2.05, 4.69) is 290 Å². The Bertz CT molecular complexity index is 3250. The molecule has 0 amide bonds. The van der Waals surface area contributed by atoms with Crippen molar-refractivity contribution < 1.29 is 0 Å². The number of anilines is 3. The van der Waals surface area contributed by atoms with Crippen LogP contribution in [0.2, 0.25) is 0 Å². The van der Waals surface area contributed by atoms with E-state index < -0.39 is 8.07 Å². The summed E-state index contributed by atoms with van der Waals surface area (Å²) in [5.74, 6) is 0. The molecule has 0 unspecified atom stereocenters. The van der Waals surface area contributed by atoms with Gasteiger partial charge in [-0.15, -0.1) is 0 Å². The lowest BCUT2D eigenvalue weighted by atomic mass is 9.89. The van der Waals surface area contributed by atoms with Gasteiger partial charge in [0.25, 0.3) is 0 Å². The predicted molar refractivity (Wildman–Crippen MR) is 284 cm³/mol. The average Bonchev–Trinajstić information content (AvgIpc) is 3.41. The third kappa shape index (κ3) is 7.64. The molecule has 11 aromatic rings. The summed E-state index contributed by atoms with van der Waals surface area (Å²) < 4.78 is 0. The van der Waals surface area contributed by atoms with Crippen LogP contribution in [0.3, 0.4) is 0 Å². The van der Waals surface area contributed by atoms with Gasteiger partial charge in [0.1, 0.15) is 0 Å². The van der Waals surface area contributed by atoms with Crippen LogP contribution in [0.1, 0.15) is 0 Å². The van der Waals surface area contributed by atoms with Crippen molar-refractivity contribution in [2.75, 3.05) is 4.90 Å². The van der Waals surface area contributed by atoms with Crippen molar-refractivity contribution in [2.24, 2.45) is 0 Å². The van der Waals surface area contributed by atoms with E-state index >= 15 is 0 Å². The Morgan fingerprint density at radius 1 is 0.227 bits per heavy atom. The minimum atomic E-state index is -2.69. The van der Waals surface area contributed by atoms with E-state index in [1.807, 2.05) is 0 Å². The molecule has 0 N–H and O–H groups in total. The summed E-state index contributed by atoms with van der Waals surface area (Å²) in [4.78, 5) is 2.39. The van der Waals surface area contributed by atoms with Gasteiger partial charge < -0.3 is 4.90 Å². The first-order valence-corrected chi connectivity index (χ1v) is 24.7. The lowest BCUT2D eigenvalue weighted by Gasteiger charge is -2.35. The number of hydrogen-bond acceptors (Lipinski definition) is 1. The number of nitrogens with zero attached hydrogens (tertiary/aromatic N) is 1. The first-order chi connectivity index (χ1) is 32.7. The van der Waals surface area contributed by atoms with Gasteiger partial charge in [-0.2, -0.15) is 0 Å². The molecule has 66 heavy (non-hydrogen) atoms. The molecule has 0 bridgehead atoms. The van der Waals surface area contributed by atoms with Crippen LogP contribution in [0.15, 0.2) is 285 Å². The van der Waals surface area contributed by atoms with Crippen molar-refractivity contribution in [3.05, 3.63) is 285 Å². The normalized spacial score (nSPS) is 11.3. The summed E-state index contributed by atoms with van der Waals surface area (Å²) in [7, 11) is -2.69. The van der Waals surface area contributed by atoms with Crippen molar-refractivity contribution in [3.8, 4) is 44.5 Å². The maximum Gasteiger partial charge on any atom is 0.179 e. The molecule has 0 aliphatic heterocycles. The minimum Gasteiger partial charge on any atom is -0.311 e. The summed E-state index contributed by atoms with van der Waals surface area (Å²) in [5.41, 5.74) is 12.9. The zero-order valence-electron chi connectivity index (χ0n) is 36.6. The topological polar surface area (TPSA) is 3.24 Å². The van der Waals surface area contributed by atoms with Gasteiger partial charge >= 0.3 is 0 Å². The smallest absolute Gasteiger partial charge is 0.179 e. The molecular formula is C64H47NSi. The maximum atomic E-state index is 2.39. The SMILES string of the molecule is c1ccc(-c2ccc(N(c3ccc(-c4ccc(-c5cccc6ccccc56)c(-c5ccccc5)c4)cc3)c3ccc([Si](c4ccccc4)(c4ccccc4)c4ccccc4)cc3)cc2)cc1. The molecule has 0 atom stereocenters. The maximum absolute atomic E-state index is 2.69. The quantitative estimate of drug-likeness (QED) is 0.0925. The summed E-state index contributed by atoms with van der Waals surface area (Å²) in [6.07, 6.45) is 0. The third-order valence-corrected chi connectivity index (χ3v) is 17.9. The fourth-order valence-electron chi connectivity index (χ4n) is 9.88. The van der Waals surface area contributed by atoms with E-state index in [-0.39, 0.29) is 0 Å². The van der Waals surface area contributed by atoms with Crippen molar-refractivity contribution in [2.45, 2.75) is 0 Å². The predicted octanol–water partition coefficient (Wildman–Crippen LogP) is 14.4. The van der Waals surface area contributed by atoms with Crippen molar-refractivity contribution >= 4 is 56.7 Å². The highest BCUT2D eigenvalue weighted by atomic mass is 28.3. The van der Waals surface area contributed by atoms with Crippen molar-refractivity contribution in [1.29, 1.82) is 0 Å². The van der Waals surface area contributed by atoms with E-state index in [9.17, 15) is 0 Å². The highest BCUT2D eigenvalue weighted by Gasteiger charge is 2.41. The minimum absolute atomic E-state index is 1.09. The molecule has 11 aromatic carbocycles. The molecule has 0 saturated carbocycles. The molecule has 0 fully saturated rings. The Morgan fingerprint density at radius 3 is 1.14 bits per heavy atom. The largest absolute Gasteiger partial charge is 0.311 e. The van der Waals surface area contributed by atoms with Crippen LogP contribution in [0, 0.1) is 0 Å². The van der Waals surface area contributed by atoms with Gasteiger partial charge in [0.15, 0.2) is 8.07 Å². The van der Waals surface area contributed by atoms with Gasteiger partial charge in [-0.05, 0) is 118 Å². The van der Waals surface area contributed by atoms with Crippen LogP contribution >= 0.6 is 0 Å². The number of fused-ring (bicyclic) bond motifs is 1. The monoisotopic (exact) mass is 857 g/mol. The molecule has 0 radical (unpaired) electrons. The highest BCUT2D eigenvalue weighted by molar-refractivity contribution is 7.19. The molecule has 11 rings (SSSR count). The van der Waals surface area contributed by atoms with Crippen molar-refractivity contribution in [3.63, 3.8) is 0 Å². The lowest BCUT2D eigenvalue weighted by molar-refractivity contribution is 1.28. The van der Waals surface area contributed by atoms with Gasteiger partial charge in [0.2, 0.25) is 0 Å². The number of hydrogen-bond donors (Lipinski definition) is 0. The molecule has 0 aromatic heterocycles. The van der Waals surface area contributed by atoms with Gasteiger partial charge in [-0.3, -0.25) is 0 Å². The van der Waals surface area contributed by atoms with E-state index in [0.29, 0.717) is 0 Å². The van der Waals surface area contributed by atoms with E-state index in [0.717, 1.165) is 17.1 Å². The third-order valence-electron chi connectivity index (χ3n) is 13.1. The average molecular weight is 858 g/mol. The van der Waals surface area contributed by atoms with Crippen LogP contribution in [0.4, 0.5) is 17.1 Å². The van der Waals surface area contributed by atoms with Crippen molar-refractivity contribution in [1.82, 2.24) is 0 Å². The summed E-state index contributed by atoms with van der Waals surface area (Å²) in [6.45, 7) is 0. The van der Waals surface area contributed by atoms with E-state index in [1.165, 1.54) is 76.0 Å².